The molecule has 162 valence electrons. The third kappa shape index (κ3) is 4.94. The molecule has 0 aliphatic carbocycles. The zero-order chi connectivity index (χ0) is 22.5. The highest BCUT2D eigenvalue weighted by Gasteiger charge is 2.25. The summed E-state index contributed by atoms with van der Waals surface area (Å²) in [6.45, 7) is 4.30. The van der Waals surface area contributed by atoms with E-state index in [2.05, 4.69) is 67.7 Å². The average Bonchev–Trinajstić information content (AvgIpc) is 2.79. The van der Waals surface area contributed by atoms with Gasteiger partial charge in [-0.1, -0.05) is 55.5 Å². The minimum absolute atomic E-state index is 0.0930. The highest BCUT2D eigenvalue weighted by Crippen LogP contribution is 2.42. The second-order valence-corrected chi connectivity index (χ2v) is 8.30. The van der Waals surface area contributed by atoms with Crippen LogP contribution in [0.4, 0.5) is 11.4 Å². The van der Waals surface area contributed by atoms with Crippen LogP contribution < -0.4 is 5.32 Å². The summed E-state index contributed by atoms with van der Waals surface area (Å²) in [5.41, 5.74) is 6.87. The van der Waals surface area contributed by atoms with E-state index in [4.69, 9.17) is 0 Å². The Morgan fingerprint density at radius 1 is 0.656 bits per heavy atom. The minimum Gasteiger partial charge on any atom is -0.508 e. The molecule has 0 radical (unpaired) electrons. The molecule has 0 aliphatic rings. The Morgan fingerprint density at radius 3 is 1.72 bits per heavy atom. The van der Waals surface area contributed by atoms with Crippen molar-refractivity contribution in [3.8, 4) is 11.5 Å². The number of benzene rings is 4. The van der Waals surface area contributed by atoms with Crippen molar-refractivity contribution in [3.63, 3.8) is 0 Å². The van der Waals surface area contributed by atoms with Crippen LogP contribution in [0.5, 0.6) is 11.5 Å². The van der Waals surface area contributed by atoms with E-state index in [1.165, 1.54) is 11.1 Å². The molecule has 0 spiro atoms. The zero-order valence-corrected chi connectivity index (χ0v) is 18.5. The molecule has 4 rings (SSSR count). The number of hydrogen-bond donors (Lipinski definition) is 3. The predicted molar refractivity (Wildman–Crippen MR) is 132 cm³/mol. The third-order valence-electron chi connectivity index (χ3n) is 5.97. The molecule has 0 bridgehead atoms. The van der Waals surface area contributed by atoms with Crippen LogP contribution in [-0.4, -0.2) is 10.2 Å². The van der Waals surface area contributed by atoms with Gasteiger partial charge in [0.2, 0.25) is 0 Å². The van der Waals surface area contributed by atoms with Crippen molar-refractivity contribution in [2.24, 2.45) is 0 Å². The number of anilines is 2. The fraction of sp³-hybridized carbons (Fsp3) is 0.172. The van der Waals surface area contributed by atoms with Gasteiger partial charge in [0.1, 0.15) is 11.5 Å². The maximum Gasteiger partial charge on any atom is 0.115 e. The molecule has 0 aromatic heterocycles. The quantitative estimate of drug-likeness (QED) is 0.289. The summed E-state index contributed by atoms with van der Waals surface area (Å²) in [7, 11) is 0. The van der Waals surface area contributed by atoms with Gasteiger partial charge in [0.05, 0.1) is 0 Å². The van der Waals surface area contributed by atoms with E-state index in [1.807, 2.05) is 24.3 Å². The Morgan fingerprint density at radius 2 is 1.19 bits per heavy atom. The monoisotopic (exact) mass is 423 g/mol. The zero-order valence-electron chi connectivity index (χ0n) is 18.5. The van der Waals surface area contributed by atoms with Gasteiger partial charge in [-0.3, -0.25) is 0 Å². The van der Waals surface area contributed by atoms with Crippen molar-refractivity contribution in [2.75, 3.05) is 5.32 Å². The molecule has 0 aliphatic heterocycles. The fourth-order valence-corrected chi connectivity index (χ4v) is 4.42. The minimum atomic E-state index is 0.0930. The first-order chi connectivity index (χ1) is 15.5. The van der Waals surface area contributed by atoms with Gasteiger partial charge in [-0.25, -0.2) is 0 Å². The van der Waals surface area contributed by atoms with Crippen LogP contribution in [0.3, 0.4) is 0 Å². The van der Waals surface area contributed by atoms with Crippen molar-refractivity contribution < 1.29 is 10.2 Å². The third-order valence-corrected chi connectivity index (χ3v) is 5.97. The predicted octanol–water partition coefficient (Wildman–Crippen LogP) is 7.48. The molecule has 0 heterocycles. The van der Waals surface area contributed by atoms with Gasteiger partial charge in [0, 0.05) is 17.3 Å². The van der Waals surface area contributed by atoms with Gasteiger partial charge >= 0.3 is 0 Å². The molecule has 4 aromatic carbocycles. The number of nitrogens with one attached hydrogen (secondary N) is 1. The molecule has 0 fully saturated rings. The van der Waals surface area contributed by atoms with Crippen LogP contribution in [0.2, 0.25) is 0 Å². The number of hydrogen-bond acceptors (Lipinski definition) is 3. The number of aryl methyl sites for hydroxylation is 1. The topological polar surface area (TPSA) is 52.5 Å². The van der Waals surface area contributed by atoms with Crippen molar-refractivity contribution in [1.82, 2.24) is 0 Å². The lowest BCUT2D eigenvalue weighted by atomic mass is 9.76. The molecular formula is C29H29NO2. The van der Waals surface area contributed by atoms with E-state index in [0.717, 1.165) is 28.9 Å². The van der Waals surface area contributed by atoms with Crippen molar-refractivity contribution in [3.05, 3.63) is 119 Å². The Kier molecular flexibility index (Phi) is 6.46. The van der Waals surface area contributed by atoms with Crippen molar-refractivity contribution >= 4 is 11.4 Å². The largest absolute Gasteiger partial charge is 0.508 e. The SMILES string of the molecule is CC[C@@H](c1cccc(Nc2cccc(C)c2)c1)C(c1ccc(O)cc1)c1ccc(O)cc1. The van der Waals surface area contributed by atoms with Crippen LogP contribution in [0.25, 0.3) is 0 Å². The summed E-state index contributed by atoms with van der Waals surface area (Å²) in [5.74, 6) is 0.838. The lowest BCUT2D eigenvalue weighted by Crippen LogP contribution is -2.13. The molecule has 0 saturated heterocycles. The van der Waals surface area contributed by atoms with Crippen LogP contribution in [0.15, 0.2) is 97.1 Å². The van der Waals surface area contributed by atoms with E-state index < -0.39 is 0 Å². The van der Waals surface area contributed by atoms with Gasteiger partial charge in [0.25, 0.3) is 0 Å². The van der Waals surface area contributed by atoms with Gasteiger partial charge in [-0.15, -0.1) is 0 Å². The first kappa shape index (κ1) is 21.5. The van der Waals surface area contributed by atoms with E-state index >= 15 is 0 Å². The molecule has 3 nitrogen and oxygen atoms in total. The van der Waals surface area contributed by atoms with Crippen molar-refractivity contribution in [2.45, 2.75) is 32.1 Å². The second-order valence-electron chi connectivity index (χ2n) is 8.30. The molecule has 1 atom stereocenters. The maximum atomic E-state index is 9.81. The highest BCUT2D eigenvalue weighted by atomic mass is 16.3. The molecule has 0 amide bonds. The lowest BCUT2D eigenvalue weighted by Gasteiger charge is -2.28. The van der Waals surface area contributed by atoms with Crippen LogP contribution in [-0.2, 0) is 0 Å². The summed E-state index contributed by atoms with van der Waals surface area (Å²) < 4.78 is 0. The van der Waals surface area contributed by atoms with Gasteiger partial charge < -0.3 is 15.5 Å². The van der Waals surface area contributed by atoms with Crippen LogP contribution in [0.1, 0.15) is 47.4 Å². The molecule has 3 heteroatoms. The summed E-state index contributed by atoms with van der Waals surface area (Å²) in [6, 6.07) is 31.9. The first-order valence-electron chi connectivity index (χ1n) is 11.0. The molecular weight excluding hydrogens is 394 g/mol. The van der Waals surface area contributed by atoms with E-state index in [-0.39, 0.29) is 23.3 Å². The summed E-state index contributed by atoms with van der Waals surface area (Å²) >= 11 is 0. The standard InChI is InChI=1S/C29H29NO2/c1-3-28(23-7-5-9-25(19-23)30-24-8-4-6-20(2)18-24)29(21-10-14-26(31)15-11-21)22-12-16-27(32)17-13-22/h4-19,28-32H,3H2,1-2H3/t28-/m0/s1. The molecule has 32 heavy (non-hydrogen) atoms. The van der Waals surface area contributed by atoms with E-state index in [0.29, 0.717) is 0 Å². The number of phenols is 2. The Balaban J connectivity index is 1.72. The lowest BCUT2D eigenvalue weighted by molar-refractivity contribution is 0.474. The van der Waals surface area contributed by atoms with E-state index in [1.54, 1.807) is 24.3 Å². The van der Waals surface area contributed by atoms with Gasteiger partial charge in [-0.2, -0.15) is 0 Å². The maximum absolute atomic E-state index is 9.81. The molecule has 0 unspecified atom stereocenters. The molecule has 4 aromatic rings. The summed E-state index contributed by atoms with van der Waals surface area (Å²) in [4.78, 5) is 0. The number of phenolic OH excluding ortho intramolecular Hbond substituents is 2. The first-order valence-corrected chi connectivity index (χ1v) is 11.0. The smallest absolute Gasteiger partial charge is 0.115 e. The van der Waals surface area contributed by atoms with Gasteiger partial charge in [-0.05, 0) is 90.0 Å². The number of rotatable bonds is 7. The fourth-order valence-electron chi connectivity index (χ4n) is 4.42. The van der Waals surface area contributed by atoms with Gasteiger partial charge in [0.15, 0.2) is 0 Å². The van der Waals surface area contributed by atoms with E-state index in [9.17, 15) is 10.2 Å². The average molecular weight is 424 g/mol. The molecule has 0 saturated carbocycles. The van der Waals surface area contributed by atoms with Crippen LogP contribution in [0, 0.1) is 6.92 Å². The number of aromatic hydroxyl groups is 2. The Bertz CT molecular complexity index is 1120. The highest BCUT2D eigenvalue weighted by molar-refractivity contribution is 5.61. The molecule has 3 N–H and O–H groups in total. The normalized spacial score (nSPS) is 12.0. The summed E-state index contributed by atoms with van der Waals surface area (Å²) in [6.07, 6.45) is 0.945. The second kappa shape index (κ2) is 9.61. The Hall–Kier alpha value is -3.72. The van der Waals surface area contributed by atoms with Crippen LogP contribution >= 0.6 is 0 Å². The van der Waals surface area contributed by atoms with Crippen molar-refractivity contribution in [1.29, 1.82) is 0 Å². The Labute approximate surface area is 190 Å². The summed E-state index contributed by atoms with van der Waals surface area (Å²) in [5, 5.41) is 23.2.